The quantitative estimate of drug-likeness (QED) is 0.910. The molecule has 25 heavy (non-hydrogen) atoms. The van der Waals surface area contributed by atoms with Gasteiger partial charge in [0, 0.05) is 12.6 Å². The van der Waals surface area contributed by atoms with Crippen molar-refractivity contribution < 1.29 is 14.0 Å². The van der Waals surface area contributed by atoms with Gasteiger partial charge in [-0.2, -0.15) is 0 Å². The molecule has 3 rings (SSSR count). The maximum Gasteiger partial charge on any atom is 0.255 e. The number of nitrogens with zero attached hydrogens (tertiary/aromatic N) is 1. The summed E-state index contributed by atoms with van der Waals surface area (Å²) in [5, 5.41) is 2.77. The Hall–Kier alpha value is -2.56. The summed E-state index contributed by atoms with van der Waals surface area (Å²) in [7, 11) is 0. The lowest BCUT2D eigenvalue weighted by molar-refractivity contribution is -0.136. The van der Waals surface area contributed by atoms with Gasteiger partial charge in [-0.05, 0) is 44.2 Å². The average Bonchev–Trinajstić information content (AvgIpc) is 3.17. The van der Waals surface area contributed by atoms with Crippen LogP contribution in [0.15, 0.2) is 53.3 Å². The molecule has 2 amide bonds. The Balaban J connectivity index is 1.64. The smallest absolute Gasteiger partial charge is 0.255 e. The highest BCUT2D eigenvalue weighted by molar-refractivity contribution is 5.97. The van der Waals surface area contributed by atoms with E-state index in [0.717, 1.165) is 32.2 Å². The highest BCUT2D eigenvalue weighted by Gasteiger charge is 2.30. The van der Waals surface area contributed by atoms with Crippen LogP contribution in [-0.2, 0) is 11.2 Å². The number of piperidine rings is 1. The normalized spacial score (nSPS) is 18.6. The van der Waals surface area contributed by atoms with E-state index >= 15 is 0 Å². The van der Waals surface area contributed by atoms with Crippen LogP contribution in [0.3, 0.4) is 0 Å². The van der Waals surface area contributed by atoms with E-state index in [1.54, 1.807) is 13.0 Å². The molecule has 1 aromatic heterocycles. The summed E-state index contributed by atoms with van der Waals surface area (Å²) in [6.07, 6.45) is 6.84. The Morgan fingerprint density at radius 1 is 1.24 bits per heavy atom. The zero-order valence-electron chi connectivity index (χ0n) is 14.5. The van der Waals surface area contributed by atoms with Gasteiger partial charge < -0.3 is 14.6 Å². The molecule has 1 aliphatic heterocycles. The first-order valence-electron chi connectivity index (χ1n) is 8.82. The Morgan fingerprint density at radius 2 is 2.04 bits per heavy atom. The predicted molar refractivity (Wildman–Crippen MR) is 95.1 cm³/mol. The molecule has 1 aromatic carbocycles. The number of nitrogens with one attached hydrogen (secondary N) is 1. The summed E-state index contributed by atoms with van der Waals surface area (Å²) in [6, 6.07) is 11.5. The zero-order valence-corrected chi connectivity index (χ0v) is 14.5. The van der Waals surface area contributed by atoms with Crippen LogP contribution in [0.4, 0.5) is 0 Å². The Morgan fingerprint density at radius 3 is 2.76 bits per heavy atom. The van der Waals surface area contributed by atoms with Crippen LogP contribution in [0.2, 0.25) is 0 Å². The van der Waals surface area contributed by atoms with Gasteiger partial charge in [0.2, 0.25) is 5.91 Å². The predicted octanol–water partition coefficient (Wildman–Crippen LogP) is 3.02. The minimum atomic E-state index is -0.557. The lowest BCUT2D eigenvalue weighted by Gasteiger charge is -2.37. The van der Waals surface area contributed by atoms with Crippen molar-refractivity contribution in [3.05, 3.63) is 60.1 Å². The molecule has 2 aromatic rings. The van der Waals surface area contributed by atoms with E-state index in [9.17, 15) is 9.59 Å². The van der Waals surface area contributed by atoms with Crippen molar-refractivity contribution >= 4 is 11.8 Å². The van der Waals surface area contributed by atoms with Gasteiger partial charge in [-0.3, -0.25) is 9.59 Å². The molecule has 1 N–H and O–H groups in total. The molecule has 1 fully saturated rings. The molecule has 2 heterocycles. The fourth-order valence-electron chi connectivity index (χ4n) is 3.37. The highest BCUT2D eigenvalue weighted by Crippen LogP contribution is 2.21. The van der Waals surface area contributed by atoms with Crippen molar-refractivity contribution in [2.24, 2.45) is 0 Å². The third-order valence-corrected chi connectivity index (χ3v) is 4.73. The van der Waals surface area contributed by atoms with E-state index < -0.39 is 6.04 Å². The third-order valence-electron chi connectivity index (χ3n) is 4.73. The first-order valence-corrected chi connectivity index (χ1v) is 8.82. The number of likely N-dealkylation sites (tertiary alicyclic amines) is 1. The lowest BCUT2D eigenvalue weighted by Crippen LogP contribution is -2.52. The second-order valence-corrected chi connectivity index (χ2v) is 6.58. The molecule has 0 spiro atoms. The number of carbonyl (C=O) groups excluding carboxylic acids is 2. The summed E-state index contributed by atoms with van der Waals surface area (Å²) in [5.74, 6) is -0.302. The molecule has 2 atom stereocenters. The number of hydrogen-bond acceptors (Lipinski definition) is 3. The maximum atomic E-state index is 12.9. The number of furan rings is 1. The van der Waals surface area contributed by atoms with Gasteiger partial charge >= 0.3 is 0 Å². The number of amides is 2. The number of carbonyl (C=O) groups is 2. The molecule has 1 saturated heterocycles. The molecule has 5 heteroatoms. The fourth-order valence-corrected chi connectivity index (χ4v) is 3.37. The molecule has 0 aliphatic carbocycles. The van der Waals surface area contributed by atoms with E-state index in [2.05, 4.69) is 17.4 Å². The van der Waals surface area contributed by atoms with Crippen LogP contribution in [0.1, 0.15) is 42.1 Å². The monoisotopic (exact) mass is 340 g/mol. The van der Waals surface area contributed by atoms with Crippen molar-refractivity contribution in [2.45, 2.75) is 44.7 Å². The van der Waals surface area contributed by atoms with Crippen LogP contribution in [-0.4, -0.2) is 35.3 Å². The highest BCUT2D eigenvalue weighted by atomic mass is 16.3. The molecule has 0 radical (unpaired) electrons. The molecule has 1 aliphatic rings. The van der Waals surface area contributed by atoms with E-state index in [-0.39, 0.29) is 17.9 Å². The number of hydrogen-bond donors (Lipinski definition) is 1. The maximum absolute atomic E-state index is 12.9. The molecule has 0 bridgehead atoms. The summed E-state index contributed by atoms with van der Waals surface area (Å²) < 4.78 is 4.92. The molecule has 5 nitrogen and oxygen atoms in total. The Kier molecular flexibility index (Phi) is 5.53. The van der Waals surface area contributed by atoms with E-state index in [0.29, 0.717) is 5.56 Å². The first-order chi connectivity index (χ1) is 12.1. The van der Waals surface area contributed by atoms with Crippen LogP contribution in [0.5, 0.6) is 0 Å². The average molecular weight is 340 g/mol. The van der Waals surface area contributed by atoms with Gasteiger partial charge in [-0.15, -0.1) is 0 Å². The molecule has 0 unspecified atom stereocenters. The van der Waals surface area contributed by atoms with Gasteiger partial charge in [0.1, 0.15) is 12.3 Å². The fraction of sp³-hybridized carbons (Fsp3) is 0.400. The van der Waals surface area contributed by atoms with E-state index in [1.807, 2.05) is 23.1 Å². The Labute approximate surface area is 148 Å². The summed E-state index contributed by atoms with van der Waals surface area (Å²) in [4.78, 5) is 27.0. The number of benzene rings is 1. The minimum Gasteiger partial charge on any atom is -0.472 e. The van der Waals surface area contributed by atoms with Gasteiger partial charge in [0.05, 0.1) is 11.8 Å². The first kappa shape index (κ1) is 17.3. The van der Waals surface area contributed by atoms with Crippen molar-refractivity contribution in [3.63, 3.8) is 0 Å². The largest absolute Gasteiger partial charge is 0.472 e. The van der Waals surface area contributed by atoms with Crippen molar-refractivity contribution in [3.8, 4) is 0 Å². The summed E-state index contributed by atoms with van der Waals surface area (Å²) >= 11 is 0. The van der Waals surface area contributed by atoms with Crippen LogP contribution in [0, 0.1) is 0 Å². The van der Waals surface area contributed by atoms with Gasteiger partial charge in [0.25, 0.3) is 5.91 Å². The minimum absolute atomic E-state index is 0.0162. The number of rotatable bonds is 5. The summed E-state index contributed by atoms with van der Waals surface area (Å²) in [6.45, 7) is 2.50. The molecule has 132 valence electrons. The van der Waals surface area contributed by atoms with Crippen molar-refractivity contribution in [1.82, 2.24) is 10.2 Å². The van der Waals surface area contributed by atoms with Gasteiger partial charge in [-0.1, -0.05) is 30.3 Å². The van der Waals surface area contributed by atoms with E-state index in [4.69, 9.17) is 4.42 Å². The van der Waals surface area contributed by atoms with Crippen LogP contribution >= 0.6 is 0 Å². The topological polar surface area (TPSA) is 62.6 Å². The van der Waals surface area contributed by atoms with Crippen molar-refractivity contribution in [1.29, 1.82) is 0 Å². The third kappa shape index (κ3) is 4.29. The zero-order chi connectivity index (χ0) is 17.6. The van der Waals surface area contributed by atoms with Gasteiger partial charge in [0.15, 0.2) is 0 Å². The molecule has 0 saturated carbocycles. The van der Waals surface area contributed by atoms with Crippen LogP contribution in [0.25, 0.3) is 0 Å². The Bertz CT molecular complexity index is 697. The SMILES string of the molecule is C[C@H](NC(=O)c1ccoc1)C(=O)N1CCCC[C@@H]1Cc1ccccc1. The standard InChI is InChI=1S/C20H24N2O3/c1-15(21-19(23)17-10-12-25-14-17)20(24)22-11-6-5-9-18(22)13-16-7-3-2-4-8-16/h2-4,7-8,10,12,14-15,18H,5-6,9,11,13H2,1H3,(H,21,23)/t15-,18+/m0/s1. The molecular weight excluding hydrogens is 316 g/mol. The van der Waals surface area contributed by atoms with E-state index in [1.165, 1.54) is 18.1 Å². The second-order valence-electron chi connectivity index (χ2n) is 6.58. The van der Waals surface area contributed by atoms with Gasteiger partial charge in [-0.25, -0.2) is 0 Å². The second kappa shape index (κ2) is 8.01. The lowest BCUT2D eigenvalue weighted by atomic mass is 9.95. The summed E-state index contributed by atoms with van der Waals surface area (Å²) in [5.41, 5.74) is 1.67. The molecular formula is C20H24N2O3. The van der Waals surface area contributed by atoms with Crippen LogP contribution < -0.4 is 5.32 Å². The van der Waals surface area contributed by atoms with Crippen molar-refractivity contribution in [2.75, 3.05) is 6.54 Å².